The maximum absolute atomic E-state index is 12.2. The highest BCUT2D eigenvalue weighted by Gasteiger charge is 2.29. The van der Waals surface area contributed by atoms with Gasteiger partial charge in [-0.3, -0.25) is 14.4 Å². The van der Waals surface area contributed by atoms with Gasteiger partial charge >= 0.3 is 0 Å². The number of fused-ring (bicyclic) bond motifs is 1. The van der Waals surface area contributed by atoms with Crippen molar-refractivity contribution >= 4 is 64.1 Å². The average Bonchev–Trinajstić information content (AvgIpc) is 2.64. The molecular formula is C19H17Cl2N3O3S. The van der Waals surface area contributed by atoms with E-state index in [1.165, 1.54) is 11.8 Å². The average molecular weight is 438 g/mol. The summed E-state index contributed by atoms with van der Waals surface area (Å²) in [5.41, 5.74) is 1.97. The van der Waals surface area contributed by atoms with Gasteiger partial charge in [-0.2, -0.15) is 0 Å². The Morgan fingerprint density at radius 2 is 1.96 bits per heavy atom. The Hall–Kier alpha value is -2.22. The third kappa shape index (κ3) is 4.98. The minimum atomic E-state index is -0.577. The molecule has 0 spiro atoms. The molecule has 0 aliphatic carbocycles. The lowest BCUT2D eigenvalue weighted by Crippen LogP contribution is -2.38. The van der Waals surface area contributed by atoms with Crippen molar-refractivity contribution in [3.63, 3.8) is 0 Å². The summed E-state index contributed by atoms with van der Waals surface area (Å²) >= 11 is 13.2. The van der Waals surface area contributed by atoms with Crippen LogP contribution in [0.3, 0.4) is 0 Å². The highest BCUT2D eigenvalue weighted by molar-refractivity contribution is 8.01. The zero-order valence-corrected chi connectivity index (χ0v) is 17.2. The standard InChI is InChI=1S/C19H17Cl2N3O3S/c1-10-12(21)3-2-4-13(10)23-18(26)9-22-17(25)8-16-19(27)24-14-7-11(20)5-6-15(14)28-16/h2-7,16H,8-9H2,1H3,(H,22,25)(H,23,26)(H,24,27)/t16-/m0/s1. The lowest BCUT2D eigenvalue weighted by Gasteiger charge is -2.23. The van der Waals surface area contributed by atoms with Crippen LogP contribution < -0.4 is 16.0 Å². The van der Waals surface area contributed by atoms with Crippen LogP contribution in [0.15, 0.2) is 41.3 Å². The highest BCUT2D eigenvalue weighted by Crippen LogP contribution is 2.38. The van der Waals surface area contributed by atoms with E-state index in [0.29, 0.717) is 21.4 Å². The minimum Gasteiger partial charge on any atom is -0.347 e. The molecule has 0 saturated heterocycles. The normalized spacial score (nSPS) is 15.4. The summed E-state index contributed by atoms with van der Waals surface area (Å²) in [6, 6.07) is 10.4. The molecular weight excluding hydrogens is 421 g/mol. The second-order valence-electron chi connectivity index (χ2n) is 6.18. The number of halogens is 2. The molecule has 0 radical (unpaired) electrons. The Kier molecular flexibility index (Phi) is 6.49. The number of benzene rings is 2. The number of anilines is 2. The number of nitrogens with one attached hydrogen (secondary N) is 3. The summed E-state index contributed by atoms with van der Waals surface area (Å²) in [6.07, 6.45) is -0.0396. The van der Waals surface area contributed by atoms with Crippen molar-refractivity contribution in [1.29, 1.82) is 0 Å². The molecule has 1 aliphatic rings. The molecule has 3 amide bonds. The van der Waals surface area contributed by atoms with Gasteiger partial charge in [0.15, 0.2) is 0 Å². The molecule has 1 atom stereocenters. The van der Waals surface area contributed by atoms with Crippen LogP contribution in [0.1, 0.15) is 12.0 Å². The fraction of sp³-hybridized carbons (Fsp3) is 0.211. The molecule has 0 fully saturated rings. The summed E-state index contributed by atoms with van der Waals surface area (Å²) in [6.45, 7) is 1.59. The first-order chi connectivity index (χ1) is 13.3. The zero-order valence-electron chi connectivity index (χ0n) is 14.8. The van der Waals surface area contributed by atoms with Crippen LogP contribution in [0.4, 0.5) is 11.4 Å². The van der Waals surface area contributed by atoms with Crippen LogP contribution in [-0.4, -0.2) is 29.5 Å². The van der Waals surface area contributed by atoms with Crippen LogP contribution >= 0.6 is 35.0 Å². The van der Waals surface area contributed by atoms with Crippen molar-refractivity contribution in [3.05, 3.63) is 52.0 Å². The molecule has 3 rings (SSSR count). The molecule has 6 nitrogen and oxygen atoms in total. The van der Waals surface area contributed by atoms with Gasteiger partial charge in [0.2, 0.25) is 17.7 Å². The predicted molar refractivity (Wildman–Crippen MR) is 112 cm³/mol. The second kappa shape index (κ2) is 8.86. The molecule has 0 bridgehead atoms. The highest BCUT2D eigenvalue weighted by atomic mass is 35.5. The SMILES string of the molecule is Cc1c(Cl)cccc1NC(=O)CNC(=O)C[C@@H]1Sc2ccc(Cl)cc2NC1=O. The van der Waals surface area contributed by atoms with Crippen molar-refractivity contribution in [2.45, 2.75) is 23.5 Å². The molecule has 9 heteroatoms. The summed E-state index contributed by atoms with van der Waals surface area (Å²) in [5.74, 6) is -1.03. The Morgan fingerprint density at radius 3 is 2.75 bits per heavy atom. The van der Waals surface area contributed by atoms with E-state index in [-0.39, 0.29) is 30.7 Å². The van der Waals surface area contributed by atoms with Gasteiger partial charge in [-0.15, -0.1) is 11.8 Å². The molecule has 1 heterocycles. The molecule has 0 unspecified atom stereocenters. The maximum Gasteiger partial charge on any atom is 0.243 e. The largest absolute Gasteiger partial charge is 0.347 e. The third-order valence-electron chi connectivity index (χ3n) is 4.12. The van der Waals surface area contributed by atoms with Gasteiger partial charge in [-0.05, 0) is 42.8 Å². The van der Waals surface area contributed by atoms with Crippen molar-refractivity contribution < 1.29 is 14.4 Å². The van der Waals surface area contributed by atoms with Crippen molar-refractivity contribution in [2.75, 3.05) is 17.2 Å². The van der Waals surface area contributed by atoms with Crippen molar-refractivity contribution in [3.8, 4) is 0 Å². The number of hydrogen-bond donors (Lipinski definition) is 3. The first-order valence-corrected chi connectivity index (χ1v) is 10.1. The Balaban J connectivity index is 1.51. The number of carbonyl (C=O) groups is 3. The molecule has 0 saturated carbocycles. The predicted octanol–water partition coefficient (Wildman–Crippen LogP) is 3.86. The van der Waals surface area contributed by atoms with Crippen molar-refractivity contribution in [1.82, 2.24) is 5.32 Å². The molecule has 3 N–H and O–H groups in total. The zero-order chi connectivity index (χ0) is 20.3. The van der Waals surface area contributed by atoms with Gasteiger partial charge in [0.1, 0.15) is 0 Å². The Morgan fingerprint density at radius 1 is 1.18 bits per heavy atom. The summed E-state index contributed by atoms with van der Waals surface area (Å²) < 4.78 is 0. The number of carbonyl (C=O) groups excluding carboxylic acids is 3. The van der Waals surface area contributed by atoms with Crippen LogP contribution in [0.2, 0.25) is 10.0 Å². The van der Waals surface area contributed by atoms with Gasteiger partial charge in [-0.1, -0.05) is 29.3 Å². The van der Waals surface area contributed by atoms with Crippen LogP contribution in [-0.2, 0) is 14.4 Å². The Labute approximate surface area is 176 Å². The number of rotatable bonds is 5. The fourth-order valence-electron chi connectivity index (χ4n) is 2.61. The van der Waals surface area contributed by atoms with Gasteiger partial charge in [0.05, 0.1) is 17.5 Å². The van der Waals surface area contributed by atoms with E-state index in [1.807, 2.05) is 0 Å². The van der Waals surface area contributed by atoms with E-state index < -0.39 is 5.25 Å². The van der Waals surface area contributed by atoms with E-state index in [2.05, 4.69) is 16.0 Å². The topological polar surface area (TPSA) is 87.3 Å². The van der Waals surface area contributed by atoms with Crippen LogP contribution in [0.25, 0.3) is 0 Å². The van der Waals surface area contributed by atoms with E-state index in [1.54, 1.807) is 43.3 Å². The van der Waals surface area contributed by atoms with Gasteiger partial charge in [0.25, 0.3) is 0 Å². The quantitative estimate of drug-likeness (QED) is 0.662. The summed E-state index contributed by atoms with van der Waals surface area (Å²) in [4.78, 5) is 37.3. The van der Waals surface area contributed by atoms with Gasteiger partial charge < -0.3 is 16.0 Å². The number of hydrogen-bond acceptors (Lipinski definition) is 4. The van der Waals surface area contributed by atoms with Crippen LogP contribution in [0.5, 0.6) is 0 Å². The van der Waals surface area contributed by atoms with E-state index in [4.69, 9.17) is 23.2 Å². The second-order valence-corrected chi connectivity index (χ2v) is 8.27. The minimum absolute atomic E-state index is 0.0396. The van der Waals surface area contributed by atoms with E-state index in [9.17, 15) is 14.4 Å². The smallest absolute Gasteiger partial charge is 0.243 e. The molecule has 28 heavy (non-hydrogen) atoms. The molecule has 2 aromatic carbocycles. The van der Waals surface area contributed by atoms with E-state index >= 15 is 0 Å². The maximum atomic E-state index is 12.2. The van der Waals surface area contributed by atoms with Crippen molar-refractivity contribution in [2.24, 2.45) is 0 Å². The number of thioether (sulfide) groups is 1. The number of amides is 3. The summed E-state index contributed by atoms with van der Waals surface area (Å²) in [5, 5.41) is 8.48. The Bertz CT molecular complexity index is 952. The monoisotopic (exact) mass is 437 g/mol. The molecule has 146 valence electrons. The molecule has 0 aromatic heterocycles. The van der Waals surface area contributed by atoms with E-state index in [0.717, 1.165) is 10.5 Å². The lowest BCUT2D eigenvalue weighted by atomic mass is 10.2. The van der Waals surface area contributed by atoms with Crippen LogP contribution in [0, 0.1) is 6.92 Å². The lowest BCUT2D eigenvalue weighted by molar-refractivity contribution is -0.125. The molecule has 2 aromatic rings. The van der Waals surface area contributed by atoms with Gasteiger partial charge in [0, 0.05) is 27.0 Å². The molecule has 1 aliphatic heterocycles. The first-order valence-electron chi connectivity index (χ1n) is 8.42. The fourth-order valence-corrected chi connectivity index (χ4v) is 4.05. The third-order valence-corrected chi connectivity index (χ3v) is 6.04. The first kappa shape index (κ1) is 20.5. The van der Waals surface area contributed by atoms with Gasteiger partial charge in [-0.25, -0.2) is 0 Å². The summed E-state index contributed by atoms with van der Waals surface area (Å²) in [7, 11) is 0.